The molecule has 0 unspecified atom stereocenters. The van der Waals surface area contributed by atoms with Gasteiger partial charge in [-0.05, 0) is 12.1 Å². The van der Waals surface area contributed by atoms with Crippen molar-refractivity contribution >= 4 is 11.2 Å². The summed E-state index contributed by atoms with van der Waals surface area (Å²) in [7, 11) is 0. The summed E-state index contributed by atoms with van der Waals surface area (Å²) in [5.41, 5.74) is 1.85. The molecule has 3 heterocycles. The highest BCUT2D eigenvalue weighted by Crippen LogP contribution is 2.11. The van der Waals surface area contributed by atoms with E-state index in [2.05, 4.69) is 24.9 Å². The Hall–Kier alpha value is -2.37. The third kappa shape index (κ3) is 1.23. The molecule has 6 heteroatoms. The Morgan fingerprint density at radius 3 is 3.00 bits per heavy atom. The van der Waals surface area contributed by atoms with Crippen LogP contribution in [0.4, 0.5) is 0 Å². The molecule has 0 aromatic carbocycles. The number of nitrogens with zero attached hydrogens (tertiary/aromatic N) is 4. The van der Waals surface area contributed by atoms with Crippen LogP contribution < -0.4 is 5.36 Å². The van der Waals surface area contributed by atoms with E-state index in [4.69, 9.17) is 5.41 Å². The van der Waals surface area contributed by atoms with Gasteiger partial charge >= 0.3 is 0 Å². The molecule has 0 saturated carbocycles. The fraction of sp³-hybridized carbons (Fsp3) is 0. The molecule has 2 aliphatic heterocycles. The third-order valence-electron chi connectivity index (χ3n) is 2.06. The van der Waals surface area contributed by atoms with Crippen LogP contribution in [0, 0.1) is 5.41 Å². The van der Waals surface area contributed by atoms with Crippen LogP contribution in [0.25, 0.3) is 22.7 Å². The van der Waals surface area contributed by atoms with Crippen LogP contribution in [0.15, 0.2) is 24.8 Å². The summed E-state index contributed by atoms with van der Waals surface area (Å²) in [6, 6.07) is 3.28. The monoisotopic (exact) mass is 198 g/mol. The number of rotatable bonds is 0. The van der Waals surface area contributed by atoms with E-state index in [-0.39, 0.29) is 0 Å². The molecule has 6 nitrogen and oxygen atoms in total. The Morgan fingerprint density at radius 2 is 2.07 bits per heavy atom. The van der Waals surface area contributed by atoms with E-state index in [9.17, 15) is 0 Å². The summed E-state index contributed by atoms with van der Waals surface area (Å²) in [6.45, 7) is 0. The van der Waals surface area contributed by atoms with Crippen molar-refractivity contribution in [1.29, 1.82) is 5.41 Å². The smallest absolute Gasteiger partial charge is 0.181 e. The zero-order valence-electron chi connectivity index (χ0n) is 7.60. The molecule has 15 heavy (non-hydrogen) atoms. The maximum atomic E-state index is 7.70. The zero-order chi connectivity index (χ0) is 10.3. The molecule has 0 saturated heterocycles. The minimum atomic E-state index is 0.345. The van der Waals surface area contributed by atoms with Crippen LogP contribution in [0.1, 0.15) is 0 Å². The van der Waals surface area contributed by atoms with Crippen molar-refractivity contribution in [1.82, 2.24) is 24.9 Å². The quantitative estimate of drug-likeness (QED) is 0.544. The standard InChI is InChI=1S/C9H6N6/c10-5-1-6-8(13-3-11-6)15-9-7(2-5)12-4-14-9/h1-4,10H,(H,11,12,13,14,15). The summed E-state index contributed by atoms with van der Waals surface area (Å²) in [6.07, 6.45) is 2.97. The maximum absolute atomic E-state index is 7.70. The molecule has 1 aromatic heterocycles. The lowest BCUT2D eigenvalue weighted by atomic mass is 10.3. The fourth-order valence-corrected chi connectivity index (χ4v) is 1.39. The van der Waals surface area contributed by atoms with Crippen LogP contribution in [-0.4, -0.2) is 24.9 Å². The Bertz CT molecular complexity index is 658. The van der Waals surface area contributed by atoms with Gasteiger partial charge in [0.15, 0.2) is 11.5 Å². The van der Waals surface area contributed by atoms with Gasteiger partial charge in [0.1, 0.15) is 12.0 Å². The molecule has 0 radical (unpaired) electrons. The molecule has 0 atom stereocenters. The molecule has 1 aromatic rings. The van der Waals surface area contributed by atoms with Crippen molar-refractivity contribution < 1.29 is 0 Å². The first-order chi connectivity index (χ1) is 7.33. The van der Waals surface area contributed by atoms with Crippen LogP contribution in [0.3, 0.4) is 0 Å². The average Bonchev–Trinajstić information content (AvgIpc) is 2.76. The predicted molar refractivity (Wildman–Crippen MR) is 52.0 cm³/mol. The van der Waals surface area contributed by atoms with E-state index in [0.717, 1.165) is 0 Å². The van der Waals surface area contributed by atoms with Gasteiger partial charge in [-0.2, -0.15) is 0 Å². The van der Waals surface area contributed by atoms with E-state index in [1.54, 1.807) is 18.5 Å². The molecule has 0 fully saturated rings. The topological polar surface area (TPSA) is 91.2 Å². The van der Waals surface area contributed by atoms with Crippen LogP contribution in [-0.2, 0) is 0 Å². The highest BCUT2D eigenvalue weighted by atomic mass is 15.0. The van der Waals surface area contributed by atoms with Crippen molar-refractivity contribution in [2.75, 3.05) is 0 Å². The Balaban J connectivity index is 2.55. The number of hydrogen-bond acceptors (Lipinski definition) is 5. The van der Waals surface area contributed by atoms with Gasteiger partial charge in [-0.15, -0.1) is 0 Å². The largest absolute Gasteiger partial charge is 0.343 e. The lowest BCUT2D eigenvalue weighted by Crippen LogP contribution is -1.97. The van der Waals surface area contributed by atoms with Gasteiger partial charge in [0.05, 0.1) is 17.2 Å². The Labute approximate surface area is 83.9 Å². The normalized spacial score (nSPS) is 10.9. The molecule has 2 N–H and O–H groups in total. The highest BCUT2D eigenvalue weighted by Gasteiger charge is 2.05. The number of fused-ring (bicyclic) bond motifs is 2. The summed E-state index contributed by atoms with van der Waals surface area (Å²) >= 11 is 0. The van der Waals surface area contributed by atoms with Gasteiger partial charge in [-0.1, -0.05) is 0 Å². The van der Waals surface area contributed by atoms with Crippen molar-refractivity contribution in [3.63, 3.8) is 0 Å². The second kappa shape index (κ2) is 2.81. The maximum Gasteiger partial charge on any atom is 0.181 e. The second-order valence-electron chi connectivity index (χ2n) is 3.08. The predicted octanol–water partition coefficient (Wildman–Crippen LogP) is 0.332. The molecular weight excluding hydrogens is 192 g/mol. The highest BCUT2D eigenvalue weighted by molar-refractivity contribution is 5.70. The summed E-state index contributed by atoms with van der Waals surface area (Å²) in [5, 5.41) is 8.04. The van der Waals surface area contributed by atoms with Crippen molar-refractivity contribution in [2.24, 2.45) is 0 Å². The van der Waals surface area contributed by atoms with E-state index < -0.39 is 0 Å². The molecule has 0 amide bonds. The van der Waals surface area contributed by atoms with E-state index in [0.29, 0.717) is 28.0 Å². The van der Waals surface area contributed by atoms with Gasteiger partial charge in [0.2, 0.25) is 0 Å². The summed E-state index contributed by atoms with van der Waals surface area (Å²) < 4.78 is 0. The molecule has 2 aliphatic rings. The number of aromatic amines is 1. The number of hydrogen-bond donors (Lipinski definition) is 2. The van der Waals surface area contributed by atoms with Crippen molar-refractivity contribution in [3.05, 3.63) is 30.1 Å². The minimum absolute atomic E-state index is 0.345. The second-order valence-corrected chi connectivity index (χ2v) is 3.08. The van der Waals surface area contributed by atoms with Crippen molar-refractivity contribution in [3.8, 4) is 11.5 Å². The lowest BCUT2D eigenvalue weighted by molar-refractivity contribution is 1.23. The first-order valence-corrected chi connectivity index (χ1v) is 4.34. The third-order valence-corrected chi connectivity index (χ3v) is 2.06. The van der Waals surface area contributed by atoms with Gasteiger partial charge in [-0.3, -0.25) is 0 Å². The van der Waals surface area contributed by atoms with Crippen LogP contribution >= 0.6 is 0 Å². The van der Waals surface area contributed by atoms with E-state index in [1.807, 2.05) is 0 Å². The van der Waals surface area contributed by atoms with Crippen LogP contribution in [0.2, 0.25) is 0 Å². The van der Waals surface area contributed by atoms with Crippen molar-refractivity contribution in [2.45, 2.75) is 0 Å². The van der Waals surface area contributed by atoms with E-state index >= 15 is 0 Å². The molecule has 0 bridgehead atoms. The first kappa shape index (κ1) is 7.98. The molecule has 72 valence electrons. The fourth-order valence-electron chi connectivity index (χ4n) is 1.39. The molecule has 0 aliphatic carbocycles. The number of aromatic nitrogens is 5. The number of H-pyrrole nitrogens is 1. The lowest BCUT2D eigenvalue weighted by Gasteiger charge is -1.89. The Morgan fingerprint density at radius 1 is 1.13 bits per heavy atom. The van der Waals surface area contributed by atoms with Gasteiger partial charge in [0.25, 0.3) is 0 Å². The summed E-state index contributed by atoms with van der Waals surface area (Å²) in [4.78, 5) is 19.2. The Kier molecular flexibility index (Phi) is 1.49. The van der Waals surface area contributed by atoms with Gasteiger partial charge in [-0.25, -0.2) is 19.9 Å². The summed E-state index contributed by atoms with van der Waals surface area (Å²) in [5.74, 6) is 0.501. The zero-order valence-corrected chi connectivity index (χ0v) is 7.60. The molecular formula is C9H6N6. The van der Waals surface area contributed by atoms with Crippen LogP contribution in [0.5, 0.6) is 0 Å². The minimum Gasteiger partial charge on any atom is -0.343 e. The van der Waals surface area contributed by atoms with E-state index in [1.165, 1.54) is 6.33 Å². The number of imidazole rings is 2. The number of nitrogens with one attached hydrogen (secondary N) is 2. The van der Waals surface area contributed by atoms with Gasteiger partial charge < -0.3 is 10.4 Å². The average molecular weight is 198 g/mol. The first-order valence-electron chi connectivity index (χ1n) is 4.34. The SMILES string of the molecule is N=c1cc2ncnc-2nc2nc[nH]c2c1. The molecule has 0 spiro atoms. The van der Waals surface area contributed by atoms with Gasteiger partial charge in [0, 0.05) is 0 Å². The molecule has 3 rings (SSSR count).